The maximum absolute atomic E-state index is 10.5. The highest BCUT2D eigenvalue weighted by Gasteiger charge is 2.17. The van der Waals surface area contributed by atoms with Crippen LogP contribution < -0.4 is 0 Å². The molecule has 0 aliphatic heterocycles. The van der Waals surface area contributed by atoms with Gasteiger partial charge < -0.3 is 15.3 Å². The molecule has 0 saturated heterocycles. The molecule has 4 nitrogen and oxygen atoms in total. The number of phenolic OH excluding ortho intramolecular Hbond substituents is 1. The number of benzene rings is 2. The van der Waals surface area contributed by atoms with E-state index in [0.717, 1.165) is 11.5 Å². The molecule has 0 radical (unpaired) electrons. The first kappa shape index (κ1) is 14.1. The third-order valence-electron chi connectivity index (χ3n) is 3.29. The molecular weight excluding hydrogens is 256 g/mol. The van der Waals surface area contributed by atoms with Gasteiger partial charge in [0.05, 0.1) is 6.10 Å². The number of aliphatic hydroxyl groups excluding tert-OH is 1. The van der Waals surface area contributed by atoms with Gasteiger partial charge in [0, 0.05) is 17.4 Å². The molecular formula is C16H16O4. The van der Waals surface area contributed by atoms with Gasteiger partial charge in [0.15, 0.2) is 0 Å². The number of rotatable bonds is 4. The number of aliphatic hydroxyl groups is 1. The summed E-state index contributed by atoms with van der Waals surface area (Å²) < 4.78 is 0. The number of hydrogen-bond acceptors (Lipinski definition) is 3. The van der Waals surface area contributed by atoms with Gasteiger partial charge in [-0.2, -0.15) is 0 Å². The Morgan fingerprint density at radius 2 is 1.80 bits per heavy atom. The molecule has 2 aromatic rings. The lowest BCUT2D eigenvalue weighted by Gasteiger charge is -2.18. The minimum atomic E-state index is -1.04. The lowest BCUT2D eigenvalue weighted by atomic mass is 9.92. The van der Waals surface area contributed by atoms with E-state index in [2.05, 4.69) is 0 Å². The first-order chi connectivity index (χ1) is 9.50. The second-order valence-electron chi connectivity index (χ2n) is 4.72. The summed E-state index contributed by atoms with van der Waals surface area (Å²) in [5.74, 6) is -1.23. The van der Waals surface area contributed by atoms with E-state index in [1.807, 2.05) is 18.2 Å². The molecule has 2 rings (SSSR count). The van der Waals surface area contributed by atoms with E-state index in [4.69, 9.17) is 5.11 Å². The van der Waals surface area contributed by atoms with Crippen molar-refractivity contribution in [2.24, 2.45) is 5.92 Å². The molecule has 0 aliphatic carbocycles. The number of aliphatic carboxylic acids is 1. The van der Waals surface area contributed by atoms with E-state index >= 15 is 0 Å². The normalized spacial score (nSPS) is 14.5. The maximum Gasteiger partial charge on any atom is 0.327 e. The van der Waals surface area contributed by atoms with Crippen LogP contribution >= 0.6 is 0 Å². The number of aromatic hydroxyl groups is 1. The zero-order valence-corrected chi connectivity index (χ0v) is 11.0. The van der Waals surface area contributed by atoms with Gasteiger partial charge in [0.25, 0.3) is 0 Å². The molecule has 0 bridgehead atoms. The standard InChI is InChI=1S/C16H16O4/c1-10(6-9-15(18)19)16(20)13-7-8-14(17)12-5-3-2-4-11(12)13/h2-10,16-17,20H,1H3,(H,18,19)/b9-6+/t10-,16-/m1/s1. The summed E-state index contributed by atoms with van der Waals surface area (Å²) in [6.07, 6.45) is 1.64. The highest BCUT2D eigenvalue weighted by atomic mass is 16.4. The molecule has 0 saturated carbocycles. The minimum absolute atomic E-state index is 0.158. The van der Waals surface area contributed by atoms with E-state index in [0.29, 0.717) is 10.9 Å². The van der Waals surface area contributed by atoms with Crippen LogP contribution in [-0.2, 0) is 4.79 Å². The molecule has 4 heteroatoms. The molecule has 0 aliphatic rings. The Hall–Kier alpha value is -2.33. The van der Waals surface area contributed by atoms with Crippen molar-refractivity contribution in [1.29, 1.82) is 0 Å². The van der Waals surface area contributed by atoms with Crippen molar-refractivity contribution in [3.05, 3.63) is 54.1 Å². The van der Waals surface area contributed by atoms with E-state index in [-0.39, 0.29) is 11.7 Å². The number of fused-ring (bicyclic) bond motifs is 1. The molecule has 2 aromatic carbocycles. The molecule has 3 N–H and O–H groups in total. The Labute approximate surface area is 116 Å². The lowest BCUT2D eigenvalue weighted by molar-refractivity contribution is -0.131. The SMILES string of the molecule is C[C@H](/C=C/C(=O)O)[C@@H](O)c1ccc(O)c2ccccc12. The van der Waals surface area contributed by atoms with Crippen molar-refractivity contribution in [2.45, 2.75) is 13.0 Å². The monoisotopic (exact) mass is 272 g/mol. The van der Waals surface area contributed by atoms with Crippen molar-refractivity contribution in [2.75, 3.05) is 0 Å². The van der Waals surface area contributed by atoms with Crippen LogP contribution in [0.2, 0.25) is 0 Å². The van der Waals surface area contributed by atoms with Crippen molar-refractivity contribution in [3.8, 4) is 5.75 Å². The van der Waals surface area contributed by atoms with Gasteiger partial charge in [-0.1, -0.05) is 43.3 Å². The van der Waals surface area contributed by atoms with E-state index in [1.54, 1.807) is 19.1 Å². The van der Waals surface area contributed by atoms with Gasteiger partial charge >= 0.3 is 5.97 Å². The first-order valence-corrected chi connectivity index (χ1v) is 6.30. The van der Waals surface area contributed by atoms with Crippen molar-refractivity contribution >= 4 is 16.7 Å². The Bertz CT molecular complexity index is 661. The fourth-order valence-electron chi connectivity index (χ4n) is 2.19. The lowest BCUT2D eigenvalue weighted by Crippen LogP contribution is -2.08. The Kier molecular flexibility index (Phi) is 4.05. The van der Waals surface area contributed by atoms with Gasteiger partial charge in [-0.15, -0.1) is 0 Å². The minimum Gasteiger partial charge on any atom is -0.507 e. The zero-order chi connectivity index (χ0) is 14.7. The van der Waals surface area contributed by atoms with Crippen LogP contribution in [0.3, 0.4) is 0 Å². The van der Waals surface area contributed by atoms with E-state index in [9.17, 15) is 15.0 Å². The molecule has 20 heavy (non-hydrogen) atoms. The van der Waals surface area contributed by atoms with Gasteiger partial charge in [-0.25, -0.2) is 4.79 Å². The zero-order valence-electron chi connectivity index (χ0n) is 11.0. The van der Waals surface area contributed by atoms with Crippen LogP contribution in [0.15, 0.2) is 48.6 Å². The molecule has 0 aromatic heterocycles. The summed E-state index contributed by atoms with van der Waals surface area (Å²) in [5.41, 5.74) is 0.668. The predicted molar refractivity (Wildman–Crippen MR) is 76.5 cm³/mol. The number of phenols is 1. The molecule has 0 amide bonds. The Morgan fingerprint density at radius 3 is 2.45 bits per heavy atom. The molecule has 0 unspecified atom stereocenters. The van der Waals surface area contributed by atoms with Crippen LogP contribution in [0, 0.1) is 5.92 Å². The summed E-state index contributed by atoms with van der Waals surface area (Å²) in [6, 6.07) is 10.4. The Morgan fingerprint density at radius 1 is 1.15 bits per heavy atom. The van der Waals surface area contributed by atoms with Gasteiger partial charge in [0.1, 0.15) is 5.75 Å². The first-order valence-electron chi connectivity index (χ1n) is 6.30. The maximum atomic E-state index is 10.5. The summed E-state index contributed by atoms with van der Waals surface area (Å²) >= 11 is 0. The van der Waals surface area contributed by atoms with Gasteiger partial charge in [0.2, 0.25) is 0 Å². The summed E-state index contributed by atoms with van der Waals surface area (Å²) in [6.45, 7) is 1.74. The molecule has 0 heterocycles. The molecule has 2 atom stereocenters. The van der Waals surface area contributed by atoms with E-state index in [1.165, 1.54) is 12.1 Å². The van der Waals surface area contributed by atoms with Crippen LogP contribution in [-0.4, -0.2) is 21.3 Å². The van der Waals surface area contributed by atoms with Gasteiger partial charge in [-0.3, -0.25) is 0 Å². The average Bonchev–Trinajstić information content (AvgIpc) is 2.44. The fraction of sp³-hybridized carbons (Fsp3) is 0.188. The number of carboxylic acids is 1. The molecule has 0 spiro atoms. The summed E-state index contributed by atoms with van der Waals surface area (Å²) in [4.78, 5) is 10.5. The number of hydrogen-bond donors (Lipinski definition) is 3. The smallest absolute Gasteiger partial charge is 0.327 e. The quantitative estimate of drug-likeness (QED) is 0.748. The summed E-state index contributed by atoms with van der Waals surface area (Å²) in [5, 5.41) is 30.2. The molecule has 0 fully saturated rings. The summed E-state index contributed by atoms with van der Waals surface area (Å²) in [7, 11) is 0. The third-order valence-corrected chi connectivity index (χ3v) is 3.29. The van der Waals surface area contributed by atoms with E-state index < -0.39 is 12.1 Å². The van der Waals surface area contributed by atoms with Crippen molar-refractivity contribution < 1.29 is 20.1 Å². The van der Waals surface area contributed by atoms with Crippen LogP contribution in [0.4, 0.5) is 0 Å². The number of carboxylic acid groups (broad SMARTS) is 1. The van der Waals surface area contributed by atoms with Crippen LogP contribution in [0.1, 0.15) is 18.6 Å². The van der Waals surface area contributed by atoms with Crippen molar-refractivity contribution in [3.63, 3.8) is 0 Å². The third kappa shape index (κ3) is 2.81. The fourth-order valence-corrected chi connectivity index (χ4v) is 2.19. The van der Waals surface area contributed by atoms with Crippen molar-refractivity contribution in [1.82, 2.24) is 0 Å². The second-order valence-corrected chi connectivity index (χ2v) is 4.72. The largest absolute Gasteiger partial charge is 0.507 e. The number of carbonyl (C=O) groups is 1. The molecule has 104 valence electrons. The van der Waals surface area contributed by atoms with Crippen LogP contribution in [0.25, 0.3) is 10.8 Å². The van der Waals surface area contributed by atoms with Gasteiger partial charge in [-0.05, 0) is 17.0 Å². The topological polar surface area (TPSA) is 77.8 Å². The predicted octanol–water partition coefficient (Wildman–Crippen LogP) is 2.86. The average molecular weight is 272 g/mol. The second kappa shape index (κ2) is 5.75. The van der Waals surface area contributed by atoms with Crippen LogP contribution in [0.5, 0.6) is 5.75 Å². The Balaban J connectivity index is 2.42. The highest BCUT2D eigenvalue weighted by Crippen LogP contribution is 2.33. The highest BCUT2D eigenvalue weighted by molar-refractivity contribution is 5.91.